The van der Waals surface area contributed by atoms with Crippen molar-refractivity contribution in [3.63, 3.8) is 0 Å². The van der Waals surface area contributed by atoms with Crippen LogP contribution in [0, 0.1) is 0 Å². The monoisotopic (exact) mass is 623 g/mol. The van der Waals surface area contributed by atoms with Crippen LogP contribution in [0.1, 0.15) is 79.8 Å². The molecule has 0 aliphatic carbocycles. The fraction of sp³-hybridized carbons (Fsp3) is 0.467. The van der Waals surface area contributed by atoms with E-state index >= 15 is 0 Å². The fourth-order valence-electron chi connectivity index (χ4n) is 5.26. The van der Waals surface area contributed by atoms with Crippen LogP contribution in [0.3, 0.4) is 0 Å². The summed E-state index contributed by atoms with van der Waals surface area (Å²) >= 11 is 1.32. The smallest absolute Gasteiger partial charge is 0.408 e. The summed E-state index contributed by atoms with van der Waals surface area (Å²) in [5.41, 5.74) is 0.896. The molecule has 13 nitrogen and oxygen atoms in total. The van der Waals surface area contributed by atoms with Gasteiger partial charge in [0.05, 0.1) is 29.7 Å². The van der Waals surface area contributed by atoms with E-state index in [1.165, 1.54) is 40.1 Å². The maximum absolute atomic E-state index is 13.7. The average Bonchev–Trinajstić information content (AvgIpc) is 3.68. The number of carboxylic acids is 1. The van der Waals surface area contributed by atoms with Crippen LogP contribution < -0.4 is 21.5 Å². The Hall–Kier alpha value is -4.14. The molecule has 2 aliphatic rings. The molecule has 0 radical (unpaired) electrons. The zero-order valence-electron chi connectivity index (χ0n) is 25.0. The second-order valence-electron chi connectivity index (χ2n) is 12.0. The van der Waals surface area contributed by atoms with Gasteiger partial charge in [-0.25, -0.2) is 19.6 Å². The number of carbonyl (C=O) groups is 3. The predicted molar refractivity (Wildman–Crippen MR) is 166 cm³/mol. The molecule has 2 fully saturated rings. The van der Waals surface area contributed by atoms with Crippen molar-refractivity contribution in [3.8, 4) is 0 Å². The molecule has 2 saturated heterocycles. The number of piperidine rings is 1. The molecule has 1 unspecified atom stereocenters. The zero-order chi connectivity index (χ0) is 31.4. The number of aliphatic carboxylic acids is 1. The SMILES string of the molecule is CC(C)(C)c1csc(NC(=O)c2ccn3c(=O)c(C=CC(=O)O)c(C4NCCC[C@H]4OC(=O)NCN4CCCC4)nc3c2)n1. The summed E-state index contributed by atoms with van der Waals surface area (Å²) in [5.74, 6) is -1.64. The number of alkyl carbamates (subject to hydrolysis) is 1. The number of pyridine rings is 1. The van der Waals surface area contributed by atoms with Crippen LogP contribution in [0.4, 0.5) is 9.93 Å². The minimum absolute atomic E-state index is 0.0464. The van der Waals surface area contributed by atoms with E-state index in [0.717, 1.165) is 44.1 Å². The maximum Gasteiger partial charge on any atom is 0.408 e. The van der Waals surface area contributed by atoms with Gasteiger partial charge in [0.15, 0.2) is 5.13 Å². The first-order chi connectivity index (χ1) is 21.0. The summed E-state index contributed by atoms with van der Waals surface area (Å²) in [4.78, 5) is 62.3. The largest absolute Gasteiger partial charge is 0.478 e. The van der Waals surface area contributed by atoms with Gasteiger partial charge in [0.1, 0.15) is 11.8 Å². The summed E-state index contributed by atoms with van der Waals surface area (Å²) < 4.78 is 7.06. The van der Waals surface area contributed by atoms with Gasteiger partial charge in [-0.2, -0.15) is 0 Å². The highest BCUT2D eigenvalue weighted by Crippen LogP contribution is 2.29. The number of carbonyl (C=O) groups excluding carboxylic acids is 2. The highest BCUT2D eigenvalue weighted by atomic mass is 32.1. The molecule has 0 bridgehead atoms. The van der Waals surface area contributed by atoms with Crippen molar-refractivity contribution < 1.29 is 24.2 Å². The summed E-state index contributed by atoms with van der Waals surface area (Å²) in [6.07, 6.45) is 5.69. The molecule has 2 amide bonds. The van der Waals surface area contributed by atoms with Crippen molar-refractivity contribution in [3.05, 3.63) is 62.7 Å². The Labute approximate surface area is 258 Å². The van der Waals surface area contributed by atoms with Crippen LogP contribution in [-0.2, 0) is 14.9 Å². The van der Waals surface area contributed by atoms with Crippen LogP contribution in [0.2, 0.25) is 0 Å². The van der Waals surface area contributed by atoms with E-state index in [1.807, 2.05) is 26.2 Å². The average molecular weight is 624 g/mol. The van der Waals surface area contributed by atoms with Gasteiger partial charge < -0.3 is 20.5 Å². The molecule has 3 aromatic heterocycles. The number of nitrogens with zero attached hydrogens (tertiary/aromatic N) is 4. The lowest BCUT2D eigenvalue weighted by molar-refractivity contribution is -0.131. The number of carboxylic acid groups (broad SMARTS) is 1. The number of aromatic nitrogens is 3. The molecule has 44 heavy (non-hydrogen) atoms. The van der Waals surface area contributed by atoms with Gasteiger partial charge in [0.2, 0.25) is 0 Å². The number of ether oxygens (including phenoxy) is 1. The number of anilines is 1. The van der Waals surface area contributed by atoms with E-state index in [1.54, 1.807) is 0 Å². The van der Waals surface area contributed by atoms with Crippen LogP contribution in [0.5, 0.6) is 0 Å². The number of rotatable bonds is 8. The molecular formula is C30H37N7O6S. The van der Waals surface area contributed by atoms with Gasteiger partial charge in [-0.1, -0.05) is 20.8 Å². The van der Waals surface area contributed by atoms with Crippen LogP contribution in [-0.4, -0.2) is 74.8 Å². The third kappa shape index (κ3) is 7.31. The standard InChI is InChI=1S/C30H37N7O6S/c1-30(2,3)21-16-44-28(33-21)35-26(40)18-10-14-37-22(15-18)34-24(19(27(37)41)8-9-23(38)39)25-20(7-6-11-31-25)43-29(42)32-17-36-12-4-5-13-36/h8-10,14-16,20,25,31H,4-7,11-13,17H2,1-3H3,(H,32,42)(H,38,39)(H,33,35,40)/t20-,25?/m1/s1. The second-order valence-corrected chi connectivity index (χ2v) is 12.8. The van der Waals surface area contributed by atoms with Crippen molar-refractivity contribution in [1.82, 2.24) is 29.9 Å². The number of thiazole rings is 1. The first kappa shape index (κ1) is 31.3. The summed E-state index contributed by atoms with van der Waals surface area (Å²) in [6.45, 7) is 8.91. The second kappa shape index (κ2) is 13.2. The number of nitrogens with one attached hydrogen (secondary N) is 3. The number of hydrogen-bond donors (Lipinski definition) is 4. The third-order valence-corrected chi connectivity index (χ3v) is 8.40. The predicted octanol–water partition coefficient (Wildman–Crippen LogP) is 3.37. The van der Waals surface area contributed by atoms with Gasteiger partial charge in [0, 0.05) is 28.6 Å². The molecule has 0 aromatic carbocycles. The van der Waals surface area contributed by atoms with E-state index in [0.29, 0.717) is 24.8 Å². The molecule has 0 saturated carbocycles. The minimum Gasteiger partial charge on any atom is -0.478 e. The summed E-state index contributed by atoms with van der Waals surface area (Å²) in [6, 6.07) is 2.30. The Morgan fingerprint density at radius 3 is 2.68 bits per heavy atom. The number of likely N-dealkylation sites (tertiary alicyclic amines) is 1. The van der Waals surface area contributed by atoms with Gasteiger partial charge in [-0.05, 0) is 63.5 Å². The molecule has 4 N–H and O–H groups in total. The Kier molecular flexibility index (Phi) is 9.42. The van der Waals surface area contributed by atoms with Gasteiger partial charge in [-0.3, -0.25) is 24.2 Å². The van der Waals surface area contributed by atoms with Gasteiger partial charge in [-0.15, -0.1) is 11.3 Å². The Morgan fingerprint density at radius 2 is 1.98 bits per heavy atom. The van der Waals surface area contributed by atoms with Crippen molar-refractivity contribution in [2.75, 3.05) is 31.6 Å². The van der Waals surface area contributed by atoms with Crippen molar-refractivity contribution in [2.45, 2.75) is 64.0 Å². The zero-order valence-corrected chi connectivity index (χ0v) is 25.8. The lowest BCUT2D eigenvalue weighted by Gasteiger charge is -2.32. The highest BCUT2D eigenvalue weighted by Gasteiger charge is 2.33. The molecule has 234 valence electrons. The Morgan fingerprint density at radius 1 is 1.20 bits per heavy atom. The van der Waals surface area contributed by atoms with Crippen molar-refractivity contribution in [1.29, 1.82) is 0 Å². The molecule has 2 aliphatic heterocycles. The summed E-state index contributed by atoms with van der Waals surface area (Å²) in [5, 5.41) is 20.6. The minimum atomic E-state index is -1.23. The van der Waals surface area contributed by atoms with Crippen LogP contribution in [0.25, 0.3) is 11.7 Å². The van der Waals surface area contributed by atoms with E-state index in [-0.39, 0.29) is 27.9 Å². The molecule has 14 heteroatoms. The van der Waals surface area contributed by atoms with E-state index in [2.05, 4.69) is 25.8 Å². The molecule has 0 spiro atoms. The molecule has 5 heterocycles. The lowest BCUT2D eigenvalue weighted by atomic mass is 9.93. The van der Waals surface area contributed by atoms with E-state index in [4.69, 9.17) is 9.72 Å². The Bertz CT molecular complexity index is 1640. The fourth-order valence-corrected chi connectivity index (χ4v) is 6.19. The molecule has 2 atom stereocenters. The number of fused-ring (bicyclic) bond motifs is 1. The van der Waals surface area contributed by atoms with Crippen molar-refractivity contribution in [2.24, 2.45) is 0 Å². The summed E-state index contributed by atoms with van der Waals surface area (Å²) in [7, 11) is 0. The Balaban J connectivity index is 1.45. The van der Waals surface area contributed by atoms with Crippen molar-refractivity contribution >= 4 is 46.2 Å². The number of hydrogen-bond acceptors (Lipinski definition) is 10. The van der Waals surface area contributed by atoms with E-state index in [9.17, 15) is 24.3 Å². The normalized spacial score (nSPS) is 19.3. The van der Waals surface area contributed by atoms with Gasteiger partial charge in [0.25, 0.3) is 11.5 Å². The third-order valence-electron chi connectivity index (χ3n) is 7.64. The first-order valence-corrected chi connectivity index (χ1v) is 15.5. The van der Waals surface area contributed by atoms with E-state index < -0.39 is 35.7 Å². The topological polar surface area (TPSA) is 167 Å². The molecule has 3 aromatic rings. The van der Waals surface area contributed by atoms with Gasteiger partial charge >= 0.3 is 12.1 Å². The molecule has 5 rings (SSSR count). The lowest BCUT2D eigenvalue weighted by Crippen LogP contribution is -2.45. The van der Waals surface area contributed by atoms with Crippen LogP contribution >= 0.6 is 11.3 Å². The number of amides is 2. The molecular weight excluding hydrogens is 586 g/mol. The maximum atomic E-state index is 13.7. The van der Waals surface area contributed by atoms with Crippen LogP contribution in [0.15, 0.2) is 34.6 Å². The first-order valence-electron chi connectivity index (χ1n) is 14.6. The highest BCUT2D eigenvalue weighted by molar-refractivity contribution is 7.14. The quantitative estimate of drug-likeness (QED) is 0.273.